The van der Waals surface area contributed by atoms with Crippen LogP contribution in [0.3, 0.4) is 0 Å². The lowest BCUT2D eigenvalue weighted by Gasteiger charge is -2.24. The van der Waals surface area contributed by atoms with Crippen molar-refractivity contribution >= 4 is 5.97 Å². The van der Waals surface area contributed by atoms with E-state index in [-0.39, 0.29) is 0 Å². The van der Waals surface area contributed by atoms with Crippen LogP contribution in [0.5, 0.6) is 5.75 Å². The number of carbonyl (C=O) groups excluding carboxylic acids is 1. The molecule has 31 heavy (non-hydrogen) atoms. The van der Waals surface area contributed by atoms with E-state index in [0.29, 0.717) is 29.0 Å². The van der Waals surface area contributed by atoms with Crippen LogP contribution >= 0.6 is 0 Å². The van der Waals surface area contributed by atoms with Crippen molar-refractivity contribution in [3.8, 4) is 16.9 Å². The maximum absolute atomic E-state index is 12.9. The Labute approximate surface area is 179 Å². The first kappa shape index (κ1) is 22.4. The number of hydrogen-bond donors (Lipinski definition) is 0. The number of esters is 1. The van der Waals surface area contributed by atoms with Crippen LogP contribution in [0.1, 0.15) is 30.5 Å². The first-order valence-electron chi connectivity index (χ1n) is 9.69. The molecule has 0 aliphatic carbocycles. The summed E-state index contributed by atoms with van der Waals surface area (Å²) >= 11 is 0. The minimum absolute atomic E-state index is 0.315. The highest BCUT2D eigenvalue weighted by Crippen LogP contribution is 2.35. The summed E-state index contributed by atoms with van der Waals surface area (Å²) in [6, 6.07) is 19.8. The van der Waals surface area contributed by atoms with Crippen LogP contribution < -0.4 is 4.74 Å². The molecule has 0 aromatic heterocycles. The third kappa shape index (κ3) is 5.26. The predicted octanol–water partition coefficient (Wildman–Crippen LogP) is 6.40. The number of halogens is 3. The molecule has 0 spiro atoms. The van der Waals surface area contributed by atoms with E-state index in [2.05, 4.69) is 0 Å². The van der Waals surface area contributed by atoms with Gasteiger partial charge in [-0.2, -0.15) is 13.2 Å². The molecule has 0 atom stereocenters. The van der Waals surface area contributed by atoms with E-state index in [4.69, 9.17) is 9.47 Å². The van der Waals surface area contributed by atoms with Crippen molar-refractivity contribution < 1.29 is 27.4 Å². The maximum atomic E-state index is 12.9. The molecule has 3 nitrogen and oxygen atoms in total. The smallest absolute Gasteiger partial charge is 0.416 e. The fourth-order valence-corrected chi connectivity index (χ4v) is 3.18. The third-order valence-corrected chi connectivity index (χ3v) is 5.12. The topological polar surface area (TPSA) is 35.5 Å². The molecule has 0 saturated carbocycles. The number of hydrogen-bond acceptors (Lipinski definition) is 3. The van der Waals surface area contributed by atoms with Crippen LogP contribution in [0.4, 0.5) is 13.2 Å². The Morgan fingerprint density at radius 2 is 1.48 bits per heavy atom. The molecule has 6 heteroatoms. The van der Waals surface area contributed by atoms with Gasteiger partial charge < -0.3 is 9.47 Å². The van der Waals surface area contributed by atoms with E-state index in [1.807, 2.05) is 30.3 Å². The lowest BCUT2D eigenvalue weighted by atomic mass is 9.83. The monoisotopic (exact) mass is 428 g/mol. The standard InChI is InChI=1S/C25H23F3O3/c1-24(2,23(29)30-3)21-13-19(18-9-11-20(12-10-18)25(26,27)28)14-22(15-21)31-16-17-7-5-4-6-8-17/h4-15H,16H2,1-3H3. The van der Waals surface area contributed by atoms with Gasteiger partial charge in [-0.15, -0.1) is 0 Å². The molecule has 0 saturated heterocycles. The van der Waals surface area contributed by atoms with Crippen LogP contribution in [0, 0.1) is 0 Å². The Kier molecular flexibility index (Phi) is 6.39. The third-order valence-electron chi connectivity index (χ3n) is 5.12. The number of benzene rings is 3. The largest absolute Gasteiger partial charge is 0.489 e. The first-order chi connectivity index (χ1) is 14.6. The van der Waals surface area contributed by atoms with Gasteiger partial charge in [-0.1, -0.05) is 42.5 Å². The summed E-state index contributed by atoms with van der Waals surface area (Å²) in [4.78, 5) is 12.3. The zero-order chi connectivity index (χ0) is 22.6. The number of rotatable bonds is 6. The van der Waals surface area contributed by atoms with Crippen molar-refractivity contribution in [2.24, 2.45) is 0 Å². The van der Waals surface area contributed by atoms with Crippen molar-refractivity contribution in [2.75, 3.05) is 7.11 Å². The Balaban J connectivity index is 2.01. The van der Waals surface area contributed by atoms with Crippen molar-refractivity contribution in [1.29, 1.82) is 0 Å². The van der Waals surface area contributed by atoms with Crippen molar-refractivity contribution in [3.05, 3.63) is 89.5 Å². The minimum atomic E-state index is -4.41. The van der Waals surface area contributed by atoms with E-state index in [1.54, 1.807) is 32.0 Å². The Morgan fingerprint density at radius 3 is 2.06 bits per heavy atom. The molecule has 162 valence electrons. The summed E-state index contributed by atoms with van der Waals surface area (Å²) in [6.45, 7) is 3.77. The molecular weight excluding hydrogens is 405 g/mol. The Hall–Kier alpha value is -3.28. The second-order valence-corrected chi connectivity index (χ2v) is 7.71. The van der Waals surface area contributed by atoms with E-state index in [9.17, 15) is 18.0 Å². The van der Waals surface area contributed by atoms with Gasteiger partial charge in [0.25, 0.3) is 0 Å². The number of ether oxygens (including phenoxy) is 2. The van der Waals surface area contributed by atoms with E-state index in [0.717, 1.165) is 17.7 Å². The molecule has 0 fully saturated rings. The lowest BCUT2D eigenvalue weighted by Crippen LogP contribution is -2.30. The van der Waals surface area contributed by atoms with Gasteiger partial charge >= 0.3 is 12.1 Å². The molecule has 0 heterocycles. The van der Waals surface area contributed by atoms with Gasteiger partial charge in [0.15, 0.2) is 0 Å². The van der Waals surface area contributed by atoms with Gasteiger partial charge in [-0.3, -0.25) is 4.79 Å². The number of methoxy groups -OCH3 is 1. The molecule has 0 bridgehead atoms. The summed E-state index contributed by atoms with van der Waals surface area (Å²) < 4.78 is 49.7. The van der Waals surface area contributed by atoms with Crippen LogP contribution in [-0.4, -0.2) is 13.1 Å². The van der Waals surface area contributed by atoms with Gasteiger partial charge in [0.05, 0.1) is 18.1 Å². The summed E-state index contributed by atoms with van der Waals surface area (Å²) in [5.74, 6) is 0.0827. The second-order valence-electron chi connectivity index (χ2n) is 7.71. The molecule has 3 rings (SSSR count). The van der Waals surface area contributed by atoms with Crippen molar-refractivity contribution in [1.82, 2.24) is 0 Å². The summed E-state index contributed by atoms with van der Waals surface area (Å²) in [5, 5.41) is 0. The fraction of sp³-hybridized carbons (Fsp3) is 0.240. The van der Waals surface area contributed by atoms with E-state index in [1.165, 1.54) is 19.2 Å². The van der Waals surface area contributed by atoms with Crippen LogP contribution in [-0.2, 0) is 27.7 Å². The van der Waals surface area contributed by atoms with Crippen LogP contribution in [0.15, 0.2) is 72.8 Å². The summed E-state index contributed by atoms with van der Waals surface area (Å²) in [5.41, 5.74) is 1.15. The minimum Gasteiger partial charge on any atom is -0.489 e. The quantitative estimate of drug-likeness (QED) is 0.426. The Morgan fingerprint density at radius 1 is 0.839 bits per heavy atom. The van der Waals surface area contributed by atoms with Crippen LogP contribution in [0.2, 0.25) is 0 Å². The molecule has 0 radical (unpaired) electrons. The zero-order valence-electron chi connectivity index (χ0n) is 17.5. The SMILES string of the molecule is COC(=O)C(C)(C)c1cc(OCc2ccccc2)cc(-c2ccc(C(F)(F)F)cc2)c1. The zero-order valence-corrected chi connectivity index (χ0v) is 17.5. The average molecular weight is 428 g/mol. The highest BCUT2D eigenvalue weighted by atomic mass is 19.4. The summed E-state index contributed by atoms with van der Waals surface area (Å²) in [7, 11) is 1.32. The molecule has 0 amide bonds. The summed E-state index contributed by atoms with van der Waals surface area (Å²) in [6.07, 6.45) is -4.41. The van der Waals surface area contributed by atoms with Crippen molar-refractivity contribution in [2.45, 2.75) is 32.0 Å². The average Bonchev–Trinajstić information content (AvgIpc) is 2.77. The lowest BCUT2D eigenvalue weighted by molar-refractivity contribution is -0.146. The van der Waals surface area contributed by atoms with Gasteiger partial charge in [-0.25, -0.2) is 0 Å². The number of carbonyl (C=O) groups is 1. The van der Waals surface area contributed by atoms with E-state index < -0.39 is 23.1 Å². The Bertz CT molecular complexity index is 1040. The predicted molar refractivity (Wildman–Crippen MR) is 113 cm³/mol. The van der Waals surface area contributed by atoms with Gasteiger partial charge in [0, 0.05) is 0 Å². The molecule has 0 aliphatic heterocycles. The van der Waals surface area contributed by atoms with Gasteiger partial charge in [0.2, 0.25) is 0 Å². The maximum Gasteiger partial charge on any atom is 0.416 e. The van der Waals surface area contributed by atoms with Crippen LogP contribution in [0.25, 0.3) is 11.1 Å². The normalized spacial score (nSPS) is 11.8. The van der Waals surface area contributed by atoms with Crippen molar-refractivity contribution in [3.63, 3.8) is 0 Å². The first-order valence-corrected chi connectivity index (χ1v) is 9.69. The molecule has 0 aliphatic rings. The fourth-order valence-electron chi connectivity index (χ4n) is 3.18. The highest BCUT2D eigenvalue weighted by Gasteiger charge is 2.32. The highest BCUT2D eigenvalue weighted by molar-refractivity contribution is 5.83. The number of alkyl halides is 3. The molecule has 3 aromatic rings. The van der Waals surface area contributed by atoms with Gasteiger partial charge in [0.1, 0.15) is 12.4 Å². The molecule has 3 aromatic carbocycles. The molecule has 0 unspecified atom stereocenters. The second kappa shape index (κ2) is 8.84. The van der Waals surface area contributed by atoms with E-state index >= 15 is 0 Å². The van der Waals surface area contributed by atoms with Gasteiger partial charge in [-0.05, 0) is 66.4 Å². The molecular formula is C25H23F3O3. The molecule has 0 N–H and O–H groups in total.